The first-order valence-corrected chi connectivity index (χ1v) is 6.37. The van der Waals surface area contributed by atoms with Crippen LogP contribution in [0.25, 0.3) is 11.1 Å². The van der Waals surface area contributed by atoms with E-state index in [0.29, 0.717) is 16.8 Å². The van der Waals surface area contributed by atoms with E-state index in [9.17, 15) is 9.18 Å². The van der Waals surface area contributed by atoms with Gasteiger partial charge in [-0.15, -0.1) is 0 Å². The van der Waals surface area contributed by atoms with E-state index in [4.69, 9.17) is 4.74 Å². The van der Waals surface area contributed by atoms with Crippen molar-refractivity contribution in [3.8, 4) is 11.1 Å². The third-order valence-corrected chi connectivity index (χ3v) is 3.07. The van der Waals surface area contributed by atoms with Gasteiger partial charge in [0.2, 0.25) is 0 Å². The van der Waals surface area contributed by atoms with Crippen LogP contribution in [-0.4, -0.2) is 23.9 Å². The van der Waals surface area contributed by atoms with E-state index in [0.717, 1.165) is 10.7 Å². The molecule has 6 heteroatoms. The number of hydrazone groups is 1. The first-order valence-electron chi connectivity index (χ1n) is 6.37. The fourth-order valence-electron chi connectivity index (χ4n) is 2.00. The molecular formula is C15H12FN3O2. The first kappa shape index (κ1) is 13.2. The van der Waals surface area contributed by atoms with Crippen LogP contribution in [0.15, 0.2) is 41.6 Å². The van der Waals surface area contributed by atoms with E-state index < -0.39 is 11.9 Å². The van der Waals surface area contributed by atoms with Crippen LogP contribution in [0.4, 0.5) is 14.9 Å². The number of amides is 1. The summed E-state index contributed by atoms with van der Waals surface area (Å²) in [4.78, 5) is 15.7. The molecule has 1 aliphatic heterocycles. The fraction of sp³-hybridized carbons (Fsp3) is 0.133. The summed E-state index contributed by atoms with van der Waals surface area (Å²) in [6.07, 6.45) is 2.43. The molecule has 0 unspecified atom stereocenters. The molecule has 2 aromatic rings. The Morgan fingerprint density at radius 1 is 1.29 bits per heavy atom. The number of hydrogen-bond acceptors (Lipinski definition) is 4. The van der Waals surface area contributed by atoms with Crippen LogP contribution >= 0.6 is 0 Å². The molecule has 21 heavy (non-hydrogen) atoms. The second-order valence-corrected chi connectivity index (χ2v) is 4.54. The van der Waals surface area contributed by atoms with Gasteiger partial charge < -0.3 is 4.74 Å². The van der Waals surface area contributed by atoms with Gasteiger partial charge in [0.05, 0.1) is 11.9 Å². The number of cyclic esters (lactones) is 1. The summed E-state index contributed by atoms with van der Waals surface area (Å²) in [7, 11) is 0. The average Bonchev–Trinajstić information content (AvgIpc) is 2.49. The molecule has 1 aliphatic rings. The van der Waals surface area contributed by atoms with Gasteiger partial charge >= 0.3 is 6.09 Å². The molecule has 106 valence electrons. The monoisotopic (exact) mass is 285 g/mol. The zero-order chi connectivity index (χ0) is 14.8. The number of pyridine rings is 1. The van der Waals surface area contributed by atoms with Gasteiger partial charge in [-0.05, 0) is 25.1 Å². The van der Waals surface area contributed by atoms with Crippen LogP contribution in [0, 0.1) is 12.7 Å². The molecule has 5 nitrogen and oxygen atoms in total. The molecule has 0 saturated carbocycles. The fourth-order valence-corrected chi connectivity index (χ4v) is 2.00. The molecule has 0 N–H and O–H groups in total. The second-order valence-electron chi connectivity index (χ2n) is 4.54. The van der Waals surface area contributed by atoms with Crippen molar-refractivity contribution in [2.24, 2.45) is 5.10 Å². The zero-order valence-electron chi connectivity index (χ0n) is 11.3. The van der Waals surface area contributed by atoms with Crippen molar-refractivity contribution in [1.29, 1.82) is 0 Å². The third kappa shape index (κ3) is 2.60. The molecule has 1 aromatic heterocycles. The van der Waals surface area contributed by atoms with Crippen LogP contribution in [0.1, 0.15) is 5.69 Å². The van der Waals surface area contributed by atoms with E-state index in [1.807, 2.05) is 13.0 Å². The van der Waals surface area contributed by atoms with E-state index in [1.54, 1.807) is 24.4 Å². The van der Waals surface area contributed by atoms with E-state index in [2.05, 4.69) is 10.1 Å². The van der Waals surface area contributed by atoms with E-state index in [1.165, 1.54) is 12.3 Å². The standard InChI is InChI=1S/C15H12FN3O2/c1-10-2-3-11(9-17-10)13-5-4-12(8-14(13)16)19-15(20)21-7-6-18-19/h2-6,8-9H,7H2,1H3. The number of aromatic nitrogens is 1. The van der Waals surface area contributed by atoms with Crippen LogP contribution in [-0.2, 0) is 4.74 Å². The number of hydrogen-bond donors (Lipinski definition) is 0. The van der Waals surface area contributed by atoms with Crippen molar-refractivity contribution in [1.82, 2.24) is 4.98 Å². The Hall–Kier alpha value is -2.76. The lowest BCUT2D eigenvalue weighted by molar-refractivity contribution is 0.167. The van der Waals surface area contributed by atoms with Gasteiger partial charge in [0.1, 0.15) is 12.4 Å². The summed E-state index contributed by atoms with van der Waals surface area (Å²) in [5.74, 6) is -0.452. The predicted octanol–water partition coefficient (Wildman–Crippen LogP) is 3.14. The Balaban J connectivity index is 1.96. The molecule has 0 atom stereocenters. The number of rotatable bonds is 2. The largest absolute Gasteiger partial charge is 0.442 e. The summed E-state index contributed by atoms with van der Waals surface area (Å²) in [6, 6.07) is 8.07. The first-order chi connectivity index (χ1) is 10.1. The number of anilines is 1. The molecule has 0 saturated heterocycles. The van der Waals surface area contributed by atoms with Crippen LogP contribution in [0.5, 0.6) is 0 Å². The molecule has 1 aromatic carbocycles. The third-order valence-electron chi connectivity index (χ3n) is 3.07. The number of aryl methyl sites for hydroxylation is 1. The quantitative estimate of drug-likeness (QED) is 0.851. The van der Waals surface area contributed by atoms with Gasteiger partial charge in [-0.25, -0.2) is 9.18 Å². The van der Waals surface area contributed by atoms with Crippen molar-refractivity contribution in [3.05, 3.63) is 48.0 Å². The molecule has 1 amide bonds. The minimum Gasteiger partial charge on any atom is -0.442 e. The lowest BCUT2D eigenvalue weighted by Crippen LogP contribution is -2.31. The van der Waals surface area contributed by atoms with Crippen molar-refractivity contribution in [3.63, 3.8) is 0 Å². The molecule has 0 aliphatic carbocycles. The highest BCUT2D eigenvalue weighted by atomic mass is 19.1. The summed E-state index contributed by atoms with van der Waals surface area (Å²) >= 11 is 0. The minimum absolute atomic E-state index is 0.130. The van der Waals surface area contributed by atoms with Crippen LogP contribution in [0.2, 0.25) is 0 Å². The lowest BCUT2D eigenvalue weighted by Gasteiger charge is -2.20. The van der Waals surface area contributed by atoms with Gasteiger partial charge in [-0.3, -0.25) is 4.98 Å². The Morgan fingerprint density at radius 3 is 2.81 bits per heavy atom. The highest BCUT2D eigenvalue weighted by Crippen LogP contribution is 2.27. The maximum absolute atomic E-state index is 14.3. The lowest BCUT2D eigenvalue weighted by atomic mass is 10.1. The number of halogens is 1. The summed E-state index contributed by atoms with van der Waals surface area (Å²) in [6.45, 7) is 1.99. The number of ether oxygens (including phenoxy) is 1. The number of benzene rings is 1. The molecule has 2 heterocycles. The molecule has 0 fully saturated rings. The second kappa shape index (κ2) is 5.32. The normalized spacial score (nSPS) is 14.2. The molecule has 3 rings (SSSR count). The van der Waals surface area contributed by atoms with Gasteiger partial charge in [-0.1, -0.05) is 6.07 Å². The van der Waals surface area contributed by atoms with Crippen molar-refractivity contribution < 1.29 is 13.9 Å². The van der Waals surface area contributed by atoms with Gasteiger partial charge in [0, 0.05) is 29.1 Å². The minimum atomic E-state index is -0.623. The molecule has 0 spiro atoms. The smallest absolute Gasteiger partial charge is 0.435 e. The maximum atomic E-state index is 14.3. The van der Waals surface area contributed by atoms with Gasteiger partial charge in [0.25, 0.3) is 0 Å². The average molecular weight is 285 g/mol. The van der Waals surface area contributed by atoms with Crippen LogP contribution < -0.4 is 5.01 Å². The highest BCUT2D eigenvalue weighted by molar-refractivity contribution is 5.91. The number of carbonyl (C=O) groups is 1. The van der Waals surface area contributed by atoms with Crippen LogP contribution in [0.3, 0.4) is 0 Å². The molecule has 0 radical (unpaired) electrons. The summed E-state index contributed by atoms with van der Waals surface area (Å²) in [5.41, 5.74) is 2.27. The Kier molecular flexibility index (Phi) is 3.35. The number of carbonyl (C=O) groups excluding carboxylic acids is 1. The van der Waals surface area contributed by atoms with E-state index in [-0.39, 0.29) is 6.61 Å². The Bertz CT molecular complexity index is 713. The topological polar surface area (TPSA) is 54.8 Å². The predicted molar refractivity (Wildman–Crippen MR) is 76.7 cm³/mol. The summed E-state index contributed by atoms with van der Waals surface area (Å²) in [5, 5.41) is 4.91. The molecule has 0 bridgehead atoms. The Labute approximate surface area is 120 Å². The Morgan fingerprint density at radius 2 is 2.14 bits per heavy atom. The molecular weight excluding hydrogens is 273 g/mol. The van der Waals surface area contributed by atoms with Crippen molar-refractivity contribution in [2.75, 3.05) is 11.6 Å². The van der Waals surface area contributed by atoms with E-state index >= 15 is 0 Å². The summed E-state index contributed by atoms with van der Waals surface area (Å²) < 4.78 is 19.1. The highest BCUT2D eigenvalue weighted by Gasteiger charge is 2.20. The maximum Gasteiger partial charge on any atom is 0.435 e. The van der Waals surface area contributed by atoms with Gasteiger partial charge in [-0.2, -0.15) is 10.1 Å². The zero-order valence-corrected chi connectivity index (χ0v) is 11.3. The van der Waals surface area contributed by atoms with Crippen molar-refractivity contribution in [2.45, 2.75) is 6.92 Å². The van der Waals surface area contributed by atoms with Gasteiger partial charge in [0.15, 0.2) is 0 Å². The number of nitrogens with zero attached hydrogens (tertiary/aromatic N) is 3. The van der Waals surface area contributed by atoms with Crippen molar-refractivity contribution >= 4 is 18.0 Å². The SMILES string of the molecule is Cc1ccc(-c2ccc(N3N=CCOC3=O)cc2F)cn1.